The third-order valence-electron chi connectivity index (χ3n) is 4.25. The lowest BCUT2D eigenvalue weighted by Crippen LogP contribution is -2.44. The minimum Gasteiger partial charge on any atom is -0.497 e. The van der Waals surface area contributed by atoms with Crippen molar-refractivity contribution in [2.75, 3.05) is 19.0 Å². The number of carbonyl (C=O) groups excluding carboxylic acids is 4. The van der Waals surface area contributed by atoms with Crippen molar-refractivity contribution in [3.63, 3.8) is 0 Å². The van der Waals surface area contributed by atoms with E-state index in [-0.39, 0.29) is 11.1 Å². The van der Waals surface area contributed by atoms with Crippen LogP contribution in [0.5, 0.6) is 5.75 Å². The van der Waals surface area contributed by atoms with Gasteiger partial charge in [-0.3, -0.25) is 19.3 Å². The van der Waals surface area contributed by atoms with Gasteiger partial charge < -0.3 is 14.8 Å². The van der Waals surface area contributed by atoms with E-state index >= 15 is 0 Å². The molecule has 3 amide bonds. The van der Waals surface area contributed by atoms with E-state index in [1.165, 1.54) is 26.2 Å². The highest BCUT2D eigenvalue weighted by molar-refractivity contribution is 6.22. The third kappa shape index (κ3) is 3.71. The van der Waals surface area contributed by atoms with Gasteiger partial charge in [0.05, 0.1) is 18.2 Å². The van der Waals surface area contributed by atoms with Gasteiger partial charge in [0.15, 0.2) is 6.61 Å². The summed E-state index contributed by atoms with van der Waals surface area (Å²) in [5.74, 6) is -1.97. The van der Waals surface area contributed by atoms with Crippen molar-refractivity contribution < 1.29 is 28.7 Å². The molecule has 0 bridgehead atoms. The highest BCUT2D eigenvalue weighted by atomic mass is 16.5. The topological polar surface area (TPSA) is 102 Å². The molecule has 0 spiro atoms. The SMILES string of the molecule is COc1cccc(NC(=O)COC(=O)C(C)N2C(=O)c3ccccc3C2=O)c1. The molecule has 3 rings (SSSR count). The Morgan fingerprint density at radius 3 is 2.29 bits per heavy atom. The number of carbonyl (C=O) groups is 4. The summed E-state index contributed by atoms with van der Waals surface area (Å²) in [7, 11) is 1.50. The highest BCUT2D eigenvalue weighted by Crippen LogP contribution is 2.24. The number of nitrogens with zero attached hydrogens (tertiary/aromatic N) is 1. The van der Waals surface area contributed by atoms with Crippen molar-refractivity contribution in [3.05, 3.63) is 59.7 Å². The van der Waals surface area contributed by atoms with Gasteiger partial charge in [-0.15, -0.1) is 0 Å². The van der Waals surface area contributed by atoms with Gasteiger partial charge in [-0.05, 0) is 31.2 Å². The first-order valence-corrected chi connectivity index (χ1v) is 8.50. The van der Waals surface area contributed by atoms with Crippen LogP contribution < -0.4 is 10.1 Å². The molecule has 8 heteroatoms. The number of benzene rings is 2. The molecule has 1 heterocycles. The predicted molar refractivity (Wildman–Crippen MR) is 99.0 cm³/mol. The molecule has 0 aliphatic carbocycles. The van der Waals surface area contributed by atoms with Crippen LogP contribution in [0.2, 0.25) is 0 Å². The molecule has 144 valence electrons. The first-order valence-electron chi connectivity index (χ1n) is 8.50. The maximum absolute atomic E-state index is 12.4. The second-order valence-electron chi connectivity index (χ2n) is 6.09. The Balaban J connectivity index is 1.58. The van der Waals surface area contributed by atoms with Crippen LogP contribution in [0, 0.1) is 0 Å². The average Bonchev–Trinajstić information content (AvgIpc) is 2.96. The van der Waals surface area contributed by atoms with Crippen LogP contribution in [0.3, 0.4) is 0 Å². The molecular formula is C20H18N2O6. The van der Waals surface area contributed by atoms with E-state index in [2.05, 4.69) is 5.32 Å². The number of fused-ring (bicyclic) bond motifs is 1. The van der Waals surface area contributed by atoms with E-state index in [1.54, 1.807) is 36.4 Å². The molecule has 0 radical (unpaired) electrons. The van der Waals surface area contributed by atoms with E-state index in [1.807, 2.05) is 0 Å². The van der Waals surface area contributed by atoms with Gasteiger partial charge in [0.25, 0.3) is 17.7 Å². The second-order valence-corrected chi connectivity index (χ2v) is 6.09. The van der Waals surface area contributed by atoms with E-state index in [9.17, 15) is 19.2 Å². The van der Waals surface area contributed by atoms with Crippen molar-refractivity contribution in [1.82, 2.24) is 4.90 Å². The summed E-state index contributed by atoms with van der Waals surface area (Å²) >= 11 is 0. The molecule has 28 heavy (non-hydrogen) atoms. The Labute approximate surface area is 161 Å². The Hall–Kier alpha value is -3.68. The highest BCUT2D eigenvalue weighted by Gasteiger charge is 2.41. The number of amides is 3. The van der Waals surface area contributed by atoms with Crippen LogP contribution in [0.25, 0.3) is 0 Å². The van der Waals surface area contributed by atoms with Crippen molar-refractivity contribution >= 4 is 29.4 Å². The number of anilines is 1. The summed E-state index contributed by atoms with van der Waals surface area (Å²) in [6.45, 7) is 0.827. The molecule has 2 aromatic rings. The predicted octanol–water partition coefficient (Wildman–Crippen LogP) is 1.86. The second kappa shape index (κ2) is 7.91. The monoisotopic (exact) mass is 382 g/mol. The van der Waals surface area contributed by atoms with Gasteiger partial charge in [-0.2, -0.15) is 0 Å². The fourth-order valence-corrected chi connectivity index (χ4v) is 2.82. The van der Waals surface area contributed by atoms with Gasteiger partial charge in [0.1, 0.15) is 11.8 Å². The molecule has 1 atom stereocenters. The maximum Gasteiger partial charge on any atom is 0.329 e. The largest absolute Gasteiger partial charge is 0.497 e. The fraction of sp³-hybridized carbons (Fsp3) is 0.200. The number of esters is 1. The van der Waals surface area contributed by atoms with Crippen molar-refractivity contribution in [2.24, 2.45) is 0 Å². The quantitative estimate of drug-likeness (QED) is 0.604. The molecule has 0 saturated heterocycles. The molecule has 1 aliphatic rings. The number of hydrogen-bond acceptors (Lipinski definition) is 6. The van der Waals surface area contributed by atoms with Gasteiger partial charge >= 0.3 is 5.97 Å². The molecule has 1 aliphatic heterocycles. The van der Waals surface area contributed by atoms with Crippen molar-refractivity contribution in [2.45, 2.75) is 13.0 Å². The lowest BCUT2D eigenvalue weighted by Gasteiger charge is -2.20. The first-order chi connectivity index (χ1) is 13.4. The number of nitrogens with one attached hydrogen (secondary N) is 1. The summed E-state index contributed by atoms with van der Waals surface area (Å²) < 4.78 is 10.0. The molecular weight excluding hydrogens is 364 g/mol. The first kappa shape index (κ1) is 19.1. The summed E-state index contributed by atoms with van der Waals surface area (Å²) in [6.07, 6.45) is 0. The van der Waals surface area contributed by atoms with Crippen LogP contribution in [-0.4, -0.2) is 48.3 Å². The maximum atomic E-state index is 12.4. The molecule has 0 aromatic heterocycles. The average molecular weight is 382 g/mol. The molecule has 0 saturated carbocycles. The van der Waals surface area contributed by atoms with Crippen molar-refractivity contribution in [1.29, 1.82) is 0 Å². The number of ether oxygens (including phenoxy) is 2. The zero-order valence-electron chi connectivity index (χ0n) is 15.3. The van der Waals surface area contributed by atoms with E-state index in [0.717, 1.165) is 4.90 Å². The molecule has 1 N–H and O–H groups in total. The summed E-state index contributed by atoms with van der Waals surface area (Å²) in [5, 5.41) is 2.57. The Bertz CT molecular complexity index is 920. The molecule has 2 aromatic carbocycles. The lowest BCUT2D eigenvalue weighted by molar-refractivity contribution is -0.150. The Morgan fingerprint density at radius 2 is 1.68 bits per heavy atom. The number of rotatable bonds is 6. The van der Waals surface area contributed by atoms with Crippen LogP contribution in [0.15, 0.2) is 48.5 Å². The number of methoxy groups -OCH3 is 1. The third-order valence-corrected chi connectivity index (χ3v) is 4.25. The summed E-state index contributed by atoms with van der Waals surface area (Å²) in [5.41, 5.74) is 0.958. The van der Waals surface area contributed by atoms with Gasteiger partial charge in [0.2, 0.25) is 0 Å². The Kier molecular flexibility index (Phi) is 5.39. The fourth-order valence-electron chi connectivity index (χ4n) is 2.82. The molecule has 1 unspecified atom stereocenters. The number of hydrogen-bond donors (Lipinski definition) is 1. The minimum atomic E-state index is -1.16. The van der Waals surface area contributed by atoms with Gasteiger partial charge in [-0.25, -0.2) is 4.79 Å². The lowest BCUT2D eigenvalue weighted by atomic mass is 10.1. The molecule has 0 fully saturated rings. The smallest absolute Gasteiger partial charge is 0.329 e. The number of imide groups is 1. The van der Waals surface area contributed by atoms with Crippen molar-refractivity contribution in [3.8, 4) is 5.75 Å². The molecule has 8 nitrogen and oxygen atoms in total. The van der Waals surface area contributed by atoms with Crippen LogP contribution in [0.1, 0.15) is 27.6 Å². The zero-order chi connectivity index (χ0) is 20.3. The van der Waals surface area contributed by atoms with Crippen LogP contribution in [-0.2, 0) is 14.3 Å². The van der Waals surface area contributed by atoms with E-state index in [0.29, 0.717) is 11.4 Å². The van der Waals surface area contributed by atoms with Crippen LogP contribution >= 0.6 is 0 Å². The summed E-state index contributed by atoms with van der Waals surface area (Å²) in [6, 6.07) is 11.9. The van der Waals surface area contributed by atoms with Crippen LogP contribution in [0.4, 0.5) is 5.69 Å². The van der Waals surface area contributed by atoms with Gasteiger partial charge in [-0.1, -0.05) is 18.2 Å². The normalized spacial score (nSPS) is 13.7. The van der Waals surface area contributed by atoms with E-state index in [4.69, 9.17) is 9.47 Å². The Morgan fingerprint density at radius 1 is 1.04 bits per heavy atom. The zero-order valence-corrected chi connectivity index (χ0v) is 15.3. The minimum absolute atomic E-state index is 0.239. The standard InChI is InChI=1S/C20H18N2O6/c1-12(22-18(24)15-8-3-4-9-16(15)19(22)25)20(26)28-11-17(23)21-13-6-5-7-14(10-13)27-2/h3-10,12H,11H2,1-2H3,(H,21,23). The van der Waals surface area contributed by atoms with Gasteiger partial charge in [0, 0.05) is 11.8 Å². The summed E-state index contributed by atoms with van der Waals surface area (Å²) in [4.78, 5) is 49.9. The van der Waals surface area contributed by atoms with E-state index < -0.39 is 36.3 Å².